The zero-order valence-corrected chi connectivity index (χ0v) is 28.5. The molecule has 3 heterocycles. The van der Waals surface area contributed by atoms with Gasteiger partial charge in [-0.15, -0.1) is 0 Å². The summed E-state index contributed by atoms with van der Waals surface area (Å²) in [5.41, 5.74) is 8.59. The number of pyridine rings is 1. The Bertz CT molecular complexity index is 2100. The summed E-state index contributed by atoms with van der Waals surface area (Å²) in [5.74, 6) is -0.900. The number of benzene rings is 2. The second-order valence-corrected chi connectivity index (χ2v) is 13.2. The van der Waals surface area contributed by atoms with Gasteiger partial charge >= 0.3 is 5.69 Å². The number of aromatic hydroxyl groups is 1. The predicted molar refractivity (Wildman–Crippen MR) is 193 cm³/mol. The lowest BCUT2D eigenvalue weighted by molar-refractivity contribution is 0.244. The van der Waals surface area contributed by atoms with Crippen molar-refractivity contribution >= 4 is 11.0 Å². The number of fused-ring (bicyclic) bond motifs is 1. The molecule has 5 N–H and O–H groups in total. The highest BCUT2D eigenvalue weighted by Crippen LogP contribution is 2.31. The molecule has 0 radical (unpaired) electrons. The van der Waals surface area contributed by atoms with Crippen LogP contribution < -0.4 is 22.3 Å². The van der Waals surface area contributed by atoms with Gasteiger partial charge in [0.15, 0.2) is 5.65 Å². The van der Waals surface area contributed by atoms with Crippen LogP contribution in [0.25, 0.3) is 27.8 Å². The minimum Gasteiger partial charge on any atom is -0.508 e. The van der Waals surface area contributed by atoms with Crippen LogP contribution in [0.3, 0.4) is 0 Å². The van der Waals surface area contributed by atoms with Gasteiger partial charge in [-0.25, -0.2) is 23.1 Å². The van der Waals surface area contributed by atoms with Crippen molar-refractivity contribution in [2.75, 3.05) is 33.3 Å². The van der Waals surface area contributed by atoms with E-state index in [0.29, 0.717) is 69.7 Å². The highest BCUT2D eigenvalue weighted by atomic mass is 19.1. The second kappa shape index (κ2) is 15.8. The van der Waals surface area contributed by atoms with Gasteiger partial charge in [0, 0.05) is 63.0 Å². The van der Waals surface area contributed by atoms with Gasteiger partial charge < -0.3 is 31.1 Å². The van der Waals surface area contributed by atoms with E-state index in [1.54, 1.807) is 41.4 Å². The first-order chi connectivity index (χ1) is 24.6. The average molecular weight is 700 g/mol. The molecule has 2 aromatic carbocycles. The minimum absolute atomic E-state index is 0.00652. The van der Waals surface area contributed by atoms with Crippen LogP contribution in [0.15, 0.2) is 100 Å². The molecule has 11 nitrogen and oxygen atoms in total. The fourth-order valence-corrected chi connectivity index (χ4v) is 6.94. The molecule has 4 aromatic rings. The fraction of sp³-hybridized carbons (Fsp3) is 0.342. The Morgan fingerprint density at radius 2 is 1.92 bits per heavy atom. The summed E-state index contributed by atoms with van der Waals surface area (Å²) < 4.78 is 30.7. The standard InChI is InChI=1S/C38H43F2N7O4/c1-44(14-4-16-48)22-26-18-33(49)12-13-34(26)25-5-2-7-32(17-25)46-36-35(19-28(40)20-43-36)37(50)47(38(46)51)31-10-8-30(9-11-31)42-21-29(41)24-45-15-3-6-27(39)23-45/h2-3,5-7,12-13,17-20,23-24,30-31,42,48-49H,4,8-11,14-16,21-22,41H2,1H3/b29-24-. The molecular formula is C38H43F2N7O4. The number of hydrogen-bond acceptors (Lipinski definition) is 9. The van der Waals surface area contributed by atoms with Crippen molar-refractivity contribution in [2.45, 2.75) is 50.7 Å². The van der Waals surface area contributed by atoms with Crippen LogP contribution >= 0.6 is 0 Å². The molecule has 1 aliphatic heterocycles. The summed E-state index contributed by atoms with van der Waals surface area (Å²) in [6, 6.07) is 13.2. The molecule has 0 amide bonds. The Labute approximate surface area is 294 Å². The van der Waals surface area contributed by atoms with Gasteiger partial charge in [-0.1, -0.05) is 24.3 Å². The highest BCUT2D eigenvalue weighted by Gasteiger charge is 2.27. The predicted octanol–water partition coefficient (Wildman–Crippen LogP) is 4.43. The number of aromatic nitrogens is 3. The Hall–Kier alpha value is -5.11. The summed E-state index contributed by atoms with van der Waals surface area (Å²) in [6.45, 7) is 2.18. The van der Waals surface area contributed by atoms with Crippen molar-refractivity contribution in [2.24, 2.45) is 5.73 Å². The van der Waals surface area contributed by atoms with Crippen LogP contribution in [0.2, 0.25) is 0 Å². The van der Waals surface area contributed by atoms with Gasteiger partial charge in [0.1, 0.15) is 17.4 Å². The number of nitrogens with one attached hydrogen (secondary N) is 1. The monoisotopic (exact) mass is 699 g/mol. The van der Waals surface area contributed by atoms with E-state index in [-0.39, 0.29) is 35.3 Å². The van der Waals surface area contributed by atoms with Crippen molar-refractivity contribution in [3.63, 3.8) is 0 Å². The van der Waals surface area contributed by atoms with Crippen molar-refractivity contribution in [3.8, 4) is 22.6 Å². The van der Waals surface area contributed by atoms with Crippen LogP contribution in [0.5, 0.6) is 5.75 Å². The molecule has 268 valence electrons. The van der Waals surface area contributed by atoms with Crippen molar-refractivity contribution in [1.29, 1.82) is 0 Å². The van der Waals surface area contributed by atoms with E-state index in [9.17, 15) is 28.6 Å². The fourth-order valence-electron chi connectivity index (χ4n) is 6.94. The van der Waals surface area contributed by atoms with Crippen LogP contribution in [0.4, 0.5) is 8.78 Å². The van der Waals surface area contributed by atoms with Gasteiger partial charge in [-0.05, 0) is 92.2 Å². The summed E-state index contributed by atoms with van der Waals surface area (Å²) in [6.07, 6.45) is 10.2. The van der Waals surface area contributed by atoms with Crippen LogP contribution in [-0.2, 0) is 6.54 Å². The third-order valence-corrected chi connectivity index (χ3v) is 9.40. The Morgan fingerprint density at radius 1 is 1.12 bits per heavy atom. The number of phenolic OH excluding ortho intramolecular Hbond substituents is 1. The molecule has 1 aliphatic carbocycles. The molecule has 2 aliphatic rings. The molecule has 2 aromatic heterocycles. The van der Waals surface area contributed by atoms with Crippen molar-refractivity contribution < 1.29 is 19.0 Å². The Morgan fingerprint density at radius 3 is 2.69 bits per heavy atom. The van der Waals surface area contributed by atoms with Crippen LogP contribution in [0.1, 0.15) is 43.7 Å². The number of nitrogens with two attached hydrogens (primary N) is 1. The molecule has 51 heavy (non-hydrogen) atoms. The van der Waals surface area contributed by atoms with Gasteiger partial charge in [-0.3, -0.25) is 9.36 Å². The zero-order chi connectivity index (χ0) is 36.1. The van der Waals surface area contributed by atoms with E-state index in [4.69, 9.17) is 5.73 Å². The van der Waals surface area contributed by atoms with Crippen molar-refractivity contribution in [3.05, 3.63) is 123 Å². The van der Waals surface area contributed by atoms with E-state index >= 15 is 0 Å². The first-order valence-electron chi connectivity index (χ1n) is 17.2. The number of phenols is 1. The highest BCUT2D eigenvalue weighted by molar-refractivity contribution is 5.77. The first kappa shape index (κ1) is 35.7. The number of nitrogens with zero attached hydrogens (tertiary/aromatic N) is 5. The maximum atomic E-state index is 14.6. The van der Waals surface area contributed by atoms with Crippen molar-refractivity contribution in [1.82, 2.24) is 29.2 Å². The van der Waals surface area contributed by atoms with E-state index in [1.165, 1.54) is 21.4 Å². The average Bonchev–Trinajstić information content (AvgIpc) is 3.11. The number of hydrogen-bond donors (Lipinski definition) is 4. The first-order valence-corrected chi connectivity index (χ1v) is 17.2. The summed E-state index contributed by atoms with van der Waals surface area (Å²) in [5, 5.41) is 23.0. The lowest BCUT2D eigenvalue weighted by atomic mass is 9.91. The van der Waals surface area contributed by atoms with E-state index in [0.717, 1.165) is 29.0 Å². The van der Waals surface area contributed by atoms with Crippen LogP contribution in [0, 0.1) is 5.82 Å². The maximum absolute atomic E-state index is 14.6. The number of allylic oxidation sites excluding steroid dienone is 2. The molecule has 1 fully saturated rings. The van der Waals surface area contributed by atoms with E-state index in [2.05, 4.69) is 10.3 Å². The van der Waals surface area contributed by atoms with E-state index < -0.39 is 23.1 Å². The molecule has 0 saturated heterocycles. The van der Waals surface area contributed by atoms with Gasteiger partial charge in [0.05, 0.1) is 17.3 Å². The lowest BCUT2D eigenvalue weighted by Gasteiger charge is -2.30. The number of aliphatic hydroxyl groups excluding tert-OH is 1. The summed E-state index contributed by atoms with van der Waals surface area (Å²) in [7, 11) is 1.94. The molecule has 6 rings (SSSR count). The molecular weight excluding hydrogens is 656 g/mol. The normalized spacial score (nSPS) is 18.1. The molecule has 0 atom stereocenters. The third kappa shape index (κ3) is 8.28. The maximum Gasteiger partial charge on any atom is 0.337 e. The molecule has 13 heteroatoms. The second-order valence-electron chi connectivity index (χ2n) is 13.2. The molecule has 1 saturated carbocycles. The molecule has 0 unspecified atom stereocenters. The van der Waals surface area contributed by atoms with Crippen LogP contribution in [-0.4, -0.2) is 73.5 Å². The summed E-state index contributed by atoms with van der Waals surface area (Å²) in [4.78, 5) is 36.2. The van der Waals surface area contributed by atoms with Gasteiger partial charge in [0.2, 0.25) is 0 Å². The SMILES string of the molecule is CN(CCCO)Cc1cc(O)ccc1-c1cccc(-n2c(=O)n(C3CCC(NC/C(N)=C/N4C=C(F)C=CC4)CC3)c(=O)c3cc(F)cnc32)c1. The number of rotatable bonds is 12. The molecule has 0 bridgehead atoms. The third-order valence-electron chi connectivity index (χ3n) is 9.40. The minimum atomic E-state index is -0.679. The quantitative estimate of drug-likeness (QED) is 0.169. The zero-order valence-electron chi connectivity index (χ0n) is 28.5. The Balaban J connectivity index is 1.28. The number of aliphatic hydroxyl groups is 1. The summed E-state index contributed by atoms with van der Waals surface area (Å²) >= 11 is 0. The van der Waals surface area contributed by atoms with Gasteiger partial charge in [0.25, 0.3) is 5.56 Å². The lowest BCUT2D eigenvalue weighted by Crippen LogP contribution is -2.45. The topological polar surface area (TPSA) is 142 Å². The smallest absolute Gasteiger partial charge is 0.337 e. The Kier molecular flexibility index (Phi) is 11.1. The van der Waals surface area contributed by atoms with E-state index in [1.807, 2.05) is 30.1 Å². The number of halogens is 2. The molecule has 0 spiro atoms. The van der Waals surface area contributed by atoms with Gasteiger partial charge in [-0.2, -0.15) is 0 Å². The largest absolute Gasteiger partial charge is 0.508 e.